The molecule has 0 radical (unpaired) electrons. The molecule has 1 aliphatic heterocycles. The molecule has 6 nitrogen and oxygen atoms in total. The zero-order chi connectivity index (χ0) is 22.5. The van der Waals surface area contributed by atoms with Crippen LogP contribution in [0.15, 0.2) is 48.5 Å². The number of hydrogen-bond donors (Lipinski definition) is 1. The average Bonchev–Trinajstić information content (AvgIpc) is 3.16. The monoisotopic (exact) mass is 426 g/mol. The van der Waals surface area contributed by atoms with E-state index in [-0.39, 0.29) is 24.8 Å². The summed E-state index contributed by atoms with van der Waals surface area (Å²) >= 11 is 0. The topological polar surface area (TPSA) is 75.7 Å². The molecule has 0 aromatic heterocycles. The molecule has 1 fully saturated rings. The number of hydrogen-bond acceptors (Lipinski definition) is 4. The maximum Gasteiger partial charge on any atom is 0.312 e. The lowest BCUT2D eigenvalue weighted by Gasteiger charge is -2.23. The standard InChI is InChI=1S/C24H27FN2O4/c1-4-15(2)20-7-5-6-8-21(20)27-14-17(13-22(27)28)24(30)31-16(3)23(29)26-19-11-9-18(25)10-12-19/h5-12,15-17H,4,13-14H2,1-3H3,(H,26,29)/t15-,16+,17-/m1/s1. The first-order valence-corrected chi connectivity index (χ1v) is 10.5. The van der Waals surface area contributed by atoms with Gasteiger partial charge in [0.2, 0.25) is 5.91 Å². The first-order valence-electron chi connectivity index (χ1n) is 10.5. The van der Waals surface area contributed by atoms with Gasteiger partial charge in [-0.1, -0.05) is 32.0 Å². The number of anilines is 2. The van der Waals surface area contributed by atoms with Crippen LogP contribution in [0, 0.1) is 11.7 Å². The van der Waals surface area contributed by atoms with Gasteiger partial charge in [-0.3, -0.25) is 14.4 Å². The highest BCUT2D eigenvalue weighted by molar-refractivity contribution is 6.01. The molecule has 2 aromatic rings. The second kappa shape index (κ2) is 9.73. The third-order valence-corrected chi connectivity index (χ3v) is 5.60. The van der Waals surface area contributed by atoms with Crippen molar-refractivity contribution in [3.63, 3.8) is 0 Å². The van der Waals surface area contributed by atoms with Crippen LogP contribution < -0.4 is 10.2 Å². The van der Waals surface area contributed by atoms with Gasteiger partial charge < -0.3 is 15.0 Å². The highest BCUT2D eigenvalue weighted by Gasteiger charge is 2.38. The fraction of sp³-hybridized carbons (Fsp3) is 0.375. The van der Waals surface area contributed by atoms with Crippen molar-refractivity contribution in [3.8, 4) is 0 Å². The Morgan fingerprint density at radius 2 is 1.84 bits per heavy atom. The van der Waals surface area contributed by atoms with Crippen molar-refractivity contribution in [1.82, 2.24) is 0 Å². The second-order valence-electron chi connectivity index (χ2n) is 7.85. The molecule has 1 aliphatic rings. The van der Waals surface area contributed by atoms with Crippen LogP contribution in [-0.4, -0.2) is 30.4 Å². The number of carbonyl (C=O) groups is 3. The molecule has 0 aliphatic carbocycles. The summed E-state index contributed by atoms with van der Waals surface area (Å²) in [5.74, 6) is -2.02. The van der Waals surface area contributed by atoms with E-state index < -0.39 is 29.7 Å². The zero-order valence-electron chi connectivity index (χ0n) is 17.9. The number of nitrogens with one attached hydrogen (secondary N) is 1. The molecule has 0 unspecified atom stereocenters. The summed E-state index contributed by atoms with van der Waals surface area (Å²) in [6, 6.07) is 13.0. The average molecular weight is 426 g/mol. The highest BCUT2D eigenvalue weighted by Crippen LogP contribution is 2.33. The van der Waals surface area contributed by atoms with Crippen molar-refractivity contribution in [2.45, 2.75) is 45.6 Å². The van der Waals surface area contributed by atoms with Crippen molar-refractivity contribution in [2.75, 3.05) is 16.8 Å². The van der Waals surface area contributed by atoms with E-state index in [4.69, 9.17) is 4.74 Å². The minimum atomic E-state index is -1.05. The van der Waals surface area contributed by atoms with Gasteiger partial charge in [0.05, 0.1) is 5.92 Å². The zero-order valence-corrected chi connectivity index (χ0v) is 17.9. The molecular weight excluding hydrogens is 399 g/mol. The van der Waals surface area contributed by atoms with E-state index in [2.05, 4.69) is 19.2 Å². The molecule has 0 spiro atoms. The third kappa shape index (κ3) is 5.29. The van der Waals surface area contributed by atoms with Gasteiger partial charge in [-0.2, -0.15) is 0 Å². The molecule has 2 amide bonds. The van der Waals surface area contributed by atoms with Crippen LogP contribution in [0.4, 0.5) is 15.8 Å². The SMILES string of the molecule is CC[C@@H](C)c1ccccc1N1C[C@H](C(=O)O[C@@H](C)C(=O)Nc2ccc(F)cc2)CC1=O. The summed E-state index contributed by atoms with van der Waals surface area (Å²) in [5, 5.41) is 2.57. The number of carbonyl (C=O) groups excluding carboxylic acids is 3. The number of rotatable bonds is 7. The molecule has 1 saturated heterocycles. The number of para-hydroxylation sites is 1. The van der Waals surface area contributed by atoms with Crippen LogP contribution in [0.25, 0.3) is 0 Å². The maximum absolute atomic E-state index is 13.0. The van der Waals surface area contributed by atoms with Gasteiger partial charge in [0, 0.05) is 24.3 Å². The van der Waals surface area contributed by atoms with Gasteiger partial charge in [-0.05, 0) is 55.2 Å². The molecule has 0 saturated carbocycles. The lowest BCUT2D eigenvalue weighted by molar-refractivity contribution is -0.157. The van der Waals surface area contributed by atoms with Crippen LogP contribution in [0.1, 0.15) is 45.1 Å². The smallest absolute Gasteiger partial charge is 0.312 e. The quantitative estimate of drug-likeness (QED) is 0.671. The fourth-order valence-electron chi connectivity index (χ4n) is 3.57. The Bertz CT molecular complexity index is 960. The molecule has 2 aromatic carbocycles. The first kappa shape index (κ1) is 22.5. The molecule has 7 heteroatoms. The van der Waals surface area contributed by atoms with E-state index in [1.807, 2.05) is 24.3 Å². The molecule has 1 heterocycles. The van der Waals surface area contributed by atoms with Crippen LogP contribution in [0.5, 0.6) is 0 Å². The Balaban J connectivity index is 1.62. The van der Waals surface area contributed by atoms with E-state index >= 15 is 0 Å². The number of nitrogens with zero attached hydrogens (tertiary/aromatic N) is 1. The summed E-state index contributed by atoms with van der Waals surface area (Å²) in [7, 11) is 0. The lowest BCUT2D eigenvalue weighted by atomic mass is 9.96. The molecule has 3 rings (SSSR count). The predicted molar refractivity (Wildman–Crippen MR) is 116 cm³/mol. The minimum Gasteiger partial charge on any atom is -0.452 e. The molecule has 0 bridgehead atoms. The molecule has 1 N–H and O–H groups in total. The first-order chi connectivity index (χ1) is 14.8. The third-order valence-electron chi connectivity index (χ3n) is 5.60. The van der Waals surface area contributed by atoms with Gasteiger partial charge in [-0.15, -0.1) is 0 Å². The van der Waals surface area contributed by atoms with Gasteiger partial charge >= 0.3 is 5.97 Å². The van der Waals surface area contributed by atoms with Crippen LogP contribution in [0.2, 0.25) is 0 Å². The Morgan fingerprint density at radius 3 is 2.52 bits per heavy atom. The number of amides is 2. The number of ether oxygens (including phenoxy) is 1. The fourth-order valence-corrected chi connectivity index (χ4v) is 3.57. The van der Waals surface area contributed by atoms with Crippen LogP contribution in [0.3, 0.4) is 0 Å². The van der Waals surface area contributed by atoms with E-state index in [9.17, 15) is 18.8 Å². The van der Waals surface area contributed by atoms with Crippen molar-refractivity contribution in [3.05, 3.63) is 59.9 Å². The summed E-state index contributed by atoms with van der Waals surface area (Å²) in [5.41, 5.74) is 2.29. The largest absolute Gasteiger partial charge is 0.452 e. The second-order valence-corrected chi connectivity index (χ2v) is 7.85. The van der Waals surface area contributed by atoms with Gasteiger partial charge in [0.1, 0.15) is 5.82 Å². The van der Waals surface area contributed by atoms with Crippen molar-refractivity contribution >= 4 is 29.2 Å². The predicted octanol–water partition coefficient (Wildman–Crippen LogP) is 4.26. The van der Waals surface area contributed by atoms with Crippen molar-refractivity contribution in [2.24, 2.45) is 5.92 Å². The van der Waals surface area contributed by atoms with E-state index in [0.717, 1.165) is 17.7 Å². The van der Waals surface area contributed by atoms with Crippen molar-refractivity contribution in [1.29, 1.82) is 0 Å². The normalized spacial score (nSPS) is 17.9. The van der Waals surface area contributed by atoms with E-state index in [1.165, 1.54) is 31.2 Å². The van der Waals surface area contributed by atoms with Crippen LogP contribution >= 0.6 is 0 Å². The molecule has 31 heavy (non-hydrogen) atoms. The summed E-state index contributed by atoms with van der Waals surface area (Å²) in [4.78, 5) is 39.2. The Kier molecular flexibility index (Phi) is 7.05. The lowest BCUT2D eigenvalue weighted by Crippen LogP contribution is -2.33. The number of halogens is 1. The molecule has 164 valence electrons. The van der Waals surface area contributed by atoms with Gasteiger partial charge in [0.25, 0.3) is 5.91 Å². The van der Waals surface area contributed by atoms with E-state index in [0.29, 0.717) is 5.69 Å². The Morgan fingerprint density at radius 1 is 1.16 bits per heavy atom. The van der Waals surface area contributed by atoms with Crippen molar-refractivity contribution < 1.29 is 23.5 Å². The minimum absolute atomic E-state index is 0.0416. The Hall–Kier alpha value is -3.22. The number of esters is 1. The van der Waals surface area contributed by atoms with Gasteiger partial charge in [0.15, 0.2) is 6.10 Å². The molecule has 3 atom stereocenters. The summed E-state index contributed by atoms with van der Waals surface area (Å²) < 4.78 is 18.3. The highest BCUT2D eigenvalue weighted by atomic mass is 19.1. The maximum atomic E-state index is 13.0. The number of benzene rings is 2. The van der Waals surface area contributed by atoms with E-state index in [1.54, 1.807) is 4.90 Å². The Labute approximate surface area is 181 Å². The molecular formula is C24H27FN2O4. The summed E-state index contributed by atoms with van der Waals surface area (Å²) in [6.45, 7) is 5.87. The van der Waals surface area contributed by atoms with Gasteiger partial charge in [-0.25, -0.2) is 4.39 Å². The summed E-state index contributed by atoms with van der Waals surface area (Å²) in [6.07, 6.45) is -0.0698. The van der Waals surface area contributed by atoms with Crippen LogP contribution in [-0.2, 0) is 19.1 Å².